The molecule has 0 bridgehead atoms. The standard InChI is InChI=1S/C19H19NO4/c1-21-17-8-7-16(11-18(17)22-2)19(23-9-10-24-19)12-14-5-3-4-6-15(14)13-20/h3-8,11H,9-10,12H2,1-2H3. The maximum absolute atomic E-state index is 9.33. The van der Waals surface area contributed by atoms with Crippen molar-refractivity contribution in [2.24, 2.45) is 0 Å². The molecule has 0 radical (unpaired) electrons. The average Bonchev–Trinajstić information content (AvgIpc) is 3.11. The van der Waals surface area contributed by atoms with Gasteiger partial charge in [0.25, 0.3) is 0 Å². The van der Waals surface area contributed by atoms with Crippen LogP contribution in [0.2, 0.25) is 0 Å². The Labute approximate surface area is 141 Å². The van der Waals surface area contributed by atoms with Crippen LogP contribution in [0.15, 0.2) is 42.5 Å². The van der Waals surface area contributed by atoms with Crippen molar-refractivity contribution >= 4 is 0 Å². The van der Waals surface area contributed by atoms with Gasteiger partial charge in [0.1, 0.15) is 0 Å². The minimum Gasteiger partial charge on any atom is -0.493 e. The number of benzene rings is 2. The first-order chi connectivity index (χ1) is 11.7. The summed E-state index contributed by atoms with van der Waals surface area (Å²) < 4.78 is 22.6. The molecule has 0 unspecified atom stereocenters. The smallest absolute Gasteiger partial charge is 0.199 e. The fourth-order valence-corrected chi connectivity index (χ4v) is 2.93. The third kappa shape index (κ3) is 2.94. The molecule has 1 saturated heterocycles. The van der Waals surface area contributed by atoms with Crippen LogP contribution in [0.5, 0.6) is 11.5 Å². The van der Waals surface area contributed by atoms with E-state index in [1.807, 2.05) is 36.4 Å². The fourth-order valence-electron chi connectivity index (χ4n) is 2.93. The highest BCUT2D eigenvalue weighted by Gasteiger charge is 2.40. The summed E-state index contributed by atoms with van der Waals surface area (Å²) in [7, 11) is 3.19. The summed E-state index contributed by atoms with van der Waals surface area (Å²) in [5, 5.41) is 9.33. The highest BCUT2D eigenvalue weighted by Crippen LogP contribution is 2.39. The van der Waals surface area contributed by atoms with Gasteiger partial charge >= 0.3 is 0 Å². The van der Waals surface area contributed by atoms with Gasteiger partial charge in [-0.2, -0.15) is 5.26 Å². The van der Waals surface area contributed by atoms with Crippen molar-refractivity contribution in [1.82, 2.24) is 0 Å². The van der Waals surface area contributed by atoms with Crippen molar-refractivity contribution in [3.63, 3.8) is 0 Å². The van der Waals surface area contributed by atoms with Gasteiger partial charge in [-0.15, -0.1) is 0 Å². The molecular formula is C19H19NO4. The first-order valence-corrected chi connectivity index (χ1v) is 7.71. The molecule has 0 aliphatic carbocycles. The van der Waals surface area contributed by atoms with Gasteiger partial charge in [-0.1, -0.05) is 18.2 Å². The average molecular weight is 325 g/mol. The number of methoxy groups -OCH3 is 2. The van der Waals surface area contributed by atoms with Gasteiger partial charge in [0.15, 0.2) is 17.3 Å². The van der Waals surface area contributed by atoms with Gasteiger partial charge in [-0.25, -0.2) is 0 Å². The second-order valence-electron chi connectivity index (χ2n) is 5.47. The Bertz CT molecular complexity index is 760. The van der Waals surface area contributed by atoms with Crippen LogP contribution >= 0.6 is 0 Å². The lowest BCUT2D eigenvalue weighted by molar-refractivity contribution is -0.164. The number of rotatable bonds is 5. The van der Waals surface area contributed by atoms with Crippen LogP contribution in [-0.4, -0.2) is 27.4 Å². The second-order valence-corrected chi connectivity index (χ2v) is 5.47. The molecule has 5 nitrogen and oxygen atoms in total. The fraction of sp³-hybridized carbons (Fsp3) is 0.316. The summed E-state index contributed by atoms with van der Waals surface area (Å²) in [5.74, 6) is 0.334. The van der Waals surface area contributed by atoms with Crippen LogP contribution in [0.1, 0.15) is 16.7 Å². The quantitative estimate of drug-likeness (QED) is 0.845. The molecule has 1 aliphatic rings. The Hall–Kier alpha value is -2.55. The molecular weight excluding hydrogens is 306 g/mol. The molecule has 0 N–H and O–H groups in total. The summed E-state index contributed by atoms with van der Waals surface area (Å²) >= 11 is 0. The number of hydrogen-bond acceptors (Lipinski definition) is 5. The third-order valence-corrected chi connectivity index (χ3v) is 4.14. The summed E-state index contributed by atoms with van der Waals surface area (Å²) in [6.07, 6.45) is 0.451. The van der Waals surface area contributed by atoms with E-state index < -0.39 is 5.79 Å². The Morgan fingerprint density at radius 3 is 2.42 bits per heavy atom. The molecule has 124 valence electrons. The highest BCUT2D eigenvalue weighted by molar-refractivity contribution is 5.45. The van der Waals surface area contributed by atoms with E-state index in [1.54, 1.807) is 20.3 Å². The summed E-state index contributed by atoms with van der Waals surface area (Å²) in [6, 6.07) is 15.3. The van der Waals surface area contributed by atoms with E-state index >= 15 is 0 Å². The molecule has 0 saturated carbocycles. The van der Waals surface area contributed by atoms with E-state index in [0.29, 0.717) is 36.7 Å². The molecule has 24 heavy (non-hydrogen) atoms. The van der Waals surface area contributed by atoms with Gasteiger partial charge in [-0.3, -0.25) is 0 Å². The summed E-state index contributed by atoms with van der Waals surface area (Å²) in [5.41, 5.74) is 2.35. The lowest BCUT2D eigenvalue weighted by atomic mass is 9.94. The van der Waals surface area contributed by atoms with Crippen LogP contribution in [0, 0.1) is 11.3 Å². The van der Waals surface area contributed by atoms with E-state index in [2.05, 4.69) is 6.07 Å². The van der Waals surface area contributed by atoms with E-state index in [-0.39, 0.29) is 0 Å². The molecule has 1 aliphatic heterocycles. The molecule has 1 heterocycles. The van der Waals surface area contributed by atoms with Gasteiger partial charge < -0.3 is 18.9 Å². The molecule has 0 aromatic heterocycles. The van der Waals surface area contributed by atoms with Crippen LogP contribution in [-0.2, 0) is 21.7 Å². The van der Waals surface area contributed by atoms with Gasteiger partial charge in [0.05, 0.1) is 39.1 Å². The van der Waals surface area contributed by atoms with Gasteiger partial charge in [-0.05, 0) is 29.8 Å². The summed E-state index contributed by atoms with van der Waals surface area (Å²) in [4.78, 5) is 0. The normalized spacial score (nSPS) is 15.7. The lowest BCUT2D eigenvalue weighted by Gasteiger charge is -2.29. The van der Waals surface area contributed by atoms with Gasteiger partial charge in [0, 0.05) is 12.0 Å². The minimum absolute atomic E-state index is 0.451. The molecule has 2 aromatic rings. The maximum atomic E-state index is 9.33. The number of nitriles is 1. The Kier molecular flexibility index (Phi) is 4.70. The molecule has 2 aromatic carbocycles. The predicted octanol–water partition coefficient (Wildman–Crippen LogP) is 3.02. The zero-order valence-electron chi connectivity index (χ0n) is 13.7. The van der Waals surface area contributed by atoms with Crippen molar-refractivity contribution in [3.05, 3.63) is 59.2 Å². The van der Waals surface area contributed by atoms with Gasteiger partial charge in [0.2, 0.25) is 0 Å². The Balaban J connectivity index is 2.02. The molecule has 3 rings (SSSR count). The Morgan fingerprint density at radius 2 is 1.75 bits per heavy atom. The molecule has 0 spiro atoms. The lowest BCUT2D eigenvalue weighted by Crippen LogP contribution is -2.30. The van der Waals surface area contributed by atoms with Crippen molar-refractivity contribution in [2.75, 3.05) is 27.4 Å². The summed E-state index contributed by atoms with van der Waals surface area (Å²) in [6.45, 7) is 1.01. The van der Waals surface area contributed by atoms with Crippen LogP contribution in [0.25, 0.3) is 0 Å². The molecule has 0 atom stereocenters. The maximum Gasteiger partial charge on any atom is 0.199 e. The SMILES string of the molecule is COc1ccc(C2(Cc3ccccc3C#N)OCCO2)cc1OC. The topological polar surface area (TPSA) is 60.7 Å². The minimum atomic E-state index is -0.924. The van der Waals surface area contributed by atoms with Crippen molar-refractivity contribution in [3.8, 4) is 17.6 Å². The van der Waals surface area contributed by atoms with E-state index in [4.69, 9.17) is 18.9 Å². The first-order valence-electron chi connectivity index (χ1n) is 7.71. The largest absolute Gasteiger partial charge is 0.493 e. The van der Waals surface area contributed by atoms with E-state index in [9.17, 15) is 5.26 Å². The zero-order chi connectivity index (χ0) is 17.0. The predicted molar refractivity (Wildman–Crippen MR) is 88.0 cm³/mol. The van der Waals surface area contributed by atoms with E-state index in [0.717, 1.165) is 11.1 Å². The Morgan fingerprint density at radius 1 is 1.04 bits per heavy atom. The number of hydrogen-bond donors (Lipinski definition) is 0. The van der Waals surface area contributed by atoms with Crippen LogP contribution in [0.4, 0.5) is 0 Å². The molecule has 5 heteroatoms. The molecule has 1 fully saturated rings. The molecule has 0 amide bonds. The van der Waals surface area contributed by atoms with Crippen molar-refractivity contribution < 1.29 is 18.9 Å². The monoisotopic (exact) mass is 325 g/mol. The zero-order valence-corrected chi connectivity index (χ0v) is 13.7. The number of ether oxygens (including phenoxy) is 4. The second kappa shape index (κ2) is 6.91. The third-order valence-electron chi connectivity index (χ3n) is 4.14. The first kappa shape index (κ1) is 16.3. The van der Waals surface area contributed by atoms with Crippen LogP contribution in [0.3, 0.4) is 0 Å². The van der Waals surface area contributed by atoms with Crippen molar-refractivity contribution in [1.29, 1.82) is 5.26 Å². The number of nitrogens with zero attached hydrogens (tertiary/aromatic N) is 1. The van der Waals surface area contributed by atoms with E-state index in [1.165, 1.54) is 0 Å². The van der Waals surface area contributed by atoms with Crippen LogP contribution < -0.4 is 9.47 Å². The highest BCUT2D eigenvalue weighted by atomic mass is 16.7. The van der Waals surface area contributed by atoms with Crippen molar-refractivity contribution in [2.45, 2.75) is 12.2 Å².